The molecule has 3 N–H and O–H groups in total. The van der Waals surface area contributed by atoms with Gasteiger partial charge in [-0.1, -0.05) is 30.3 Å². The summed E-state index contributed by atoms with van der Waals surface area (Å²) in [5.41, 5.74) is 1.08. The maximum atomic E-state index is 11.7. The van der Waals surface area contributed by atoms with Crippen LogP contribution in [0, 0.1) is 0 Å². The number of aliphatic carboxylic acids is 2. The Balaban J connectivity index is 0.000000359. The number of carboxylic acids is 2. The fourth-order valence-corrected chi connectivity index (χ4v) is 2.74. The van der Waals surface area contributed by atoms with Gasteiger partial charge in [0.05, 0.1) is 32.5 Å². The van der Waals surface area contributed by atoms with Crippen LogP contribution in [0.4, 0.5) is 0 Å². The monoisotopic (exact) mass is 364 g/mol. The van der Waals surface area contributed by atoms with E-state index in [9.17, 15) is 19.5 Å². The lowest BCUT2D eigenvalue weighted by molar-refractivity contribution is -0.887. The molecule has 0 bridgehead atoms. The normalized spacial score (nSPS) is 13.5. The Kier molecular flexibility index (Phi) is 10.7. The first-order valence-electron chi connectivity index (χ1n) is 9.03. The maximum absolute atomic E-state index is 11.7. The van der Waals surface area contributed by atoms with Crippen LogP contribution >= 0.6 is 0 Å². The Hall–Kier alpha value is -2.41. The molecule has 0 aliphatic carbocycles. The lowest BCUT2D eigenvalue weighted by Gasteiger charge is -2.12. The predicted octanol–water partition coefficient (Wildman–Crippen LogP) is -0.985. The van der Waals surface area contributed by atoms with Gasteiger partial charge < -0.3 is 25.2 Å². The van der Waals surface area contributed by atoms with Crippen molar-refractivity contribution >= 4 is 17.8 Å². The van der Waals surface area contributed by atoms with Gasteiger partial charge in [-0.2, -0.15) is 0 Å². The van der Waals surface area contributed by atoms with Gasteiger partial charge in [0.1, 0.15) is 0 Å². The molecule has 2 rings (SSSR count). The van der Waals surface area contributed by atoms with Crippen molar-refractivity contribution < 1.29 is 29.5 Å². The first-order valence-corrected chi connectivity index (χ1v) is 9.03. The molecule has 1 aromatic carbocycles. The zero-order valence-electron chi connectivity index (χ0n) is 15.0. The van der Waals surface area contributed by atoms with Crippen molar-refractivity contribution in [1.82, 2.24) is 5.32 Å². The summed E-state index contributed by atoms with van der Waals surface area (Å²) in [4.78, 5) is 32.5. The van der Waals surface area contributed by atoms with Gasteiger partial charge in [-0.3, -0.25) is 9.59 Å². The van der Waals surface area contributed by atoms with Crippen LogP contribution in [0.3, 0.4) is 0 Å². The molecular weight excluding hydrogens is 336 g/mol. The van der Waals surface area contributed by atoms with Crippen LogP contribution in [0.2, 0.25) is 0 Å². The Morgan fingerprint density at radius 2 is 1.73 bits per heavy atom. The van der Waals surface area contributed by atoms with E-state index in [1.165, 1.54) is 32.5 Å². The minimum absolute atomic E-state index is 0.137. The SMILES string of the molecule is O=C(Cc1ccccc1)NCCC[NH+]1CCCC1.O=C([O-])CCC(=O)O. The lowest BCUT2D eigenvalue weighted by atomic mass is 10.1. The molecule has 1 aliphatic rings. The van der Waals surface area contributed by atoms with E-state index in [2.05, 4.69) is 5.32 Å². The molecule has 7 heteroatoms. The third-order valence-corrected chi connectivity index (χ3v) is 4.09. The van der Waals surface area contributed by atoms with E-state index in [4.69, 9.17) is 5.11 Å². The standard InChI is InChI=1S/C15H22N2O.C4H6O4/c18-15(13-14-7-2-1-3-8-14)16-9-6-12-17-10-4-5-11-17;5-3(6)1-2-4(7)8/h1-3,7-8H,4-6,9-13H2,(H,16,18);1-2H2,(H,5,6)(H,7,8). The molecule has 1 aromatic rings. The number of carbonyl (C=O) groups is 3. The van der Waals surface area contributed by atoms with E-state index in [1.807, 2.05) is 30.3 Å². The Labute approximate surface area is 154 Å². The van der Waals surface area contributed by atoms with E-state index in [0.29, 0.717) is 6.42 Å². The maximum Gasteiger partial charge on any atom is 0.303 e. The number of nitrogens with one attached hydrogen (secondary N) is 2. The number of quaternary nitrogens is 1. The van der Waals surface area contributed by atoms with Crippen LogP contribution in [0.1, 0.15) is 37.7 Å². The van der Waals surface area contributed by atoms with Crippen LogP contribution in [0.15, 0.2) is 30.3 Å². The Morgan fingerprint density at radius 3 is 2.27 bits per heavy atom. The van der Waals surface area contributed by atoms with E-state index in [1.54, 1.807) is 4.90 Å². The number of amides is 1. The summed E-state index contributed by atoms with van der Waals surface area (Å²) in [7, 11) is 0. The van der Waals surface area contributed by atoms with Gasteiger partial charge in [0, 0.05) is 31.8 Å². The summed E-state index contributed by atoms with van der Waals surface area (Å²) in [6.45, 7) is 4.65. The molecular formula is C19H28N2O5. The molecule has 144 valence electrons. The van der Waals surface area contributed by atoms with Gasteiger partial charge in [-0.05, 0) is 12.0 Å². The van der Waals surface area contributed by atoms with E-state index in [0.717, 1.165) is 18.5 Å². The topological polar surface area (TPSA) is 111 Å². The predicted molar refractivity (Wildman–Crippen MR) is 94.4 cm³/mol. The van der Waals surface area contributed by atoms with Crippen molar-refractivity contribution in [2.45, 2.75) is 38.5 Å². The highest BCUT2D eigenvalue weighted by atomic mass is 16.4. The summed E-state index contributed by atoms with van der Waals surface area (Å²) >= 11 is 0. The molecule has 1 heterocycles. The van der Waals surface area contributed by atoms with E-state index >= 15 is 0 Å². The Morgan fingerprint density at radius 1 is 1.08 bits per heavy atom. The van der Waals surface area contributed by atoms with Crippen LogP contribution in [-0.2, 0) is 20.8 Å². The highest BCUT2D eigenvalue weighted by molar-refractivity contribution is 5.78. The molecule has 26 heavy (non-hydrogen) atoms. The number of benzene rings is 1. The minimum Gasteiger partial charge on any atom is -0.550 e. The third kappa shape index (κ3) is 11.2. The van der Waals surface area contributed by atoms with Gasteiger partial charge in [-0.15, -0.1) is 0 Å². The summed E-state index contributed by atoms with van der Waals surface area (Å²) < 4.78 is 0. The molecule has 1 aliphatic heterocycles. The second-order valence-electron chi connectivity index (χ2n) is 6.34. The highest BCUT2D eigenvalue weighted by Gasteiger charge is 2.14. The van der Waals surface area contributed by atoms with Crippen LogP contribution in [0.5, 0.6) is 0 Å². The summed E-state index contributed by atoms with van der Waals surface area (Å²) in [6.07, 6.45) is 3.57. The summed E-state index contributed by atoms with van der Waals surface area (Å²) in [5, 5.41) is 20.4. The second kappa shape index (κ2) is 12.9. The van der Waals surface area contributed by atoms with Crippen molar-refractivity contribution in [3.8, 4) is 0 Å². The molecule has 1 amide bonds. The molecule has 1 fully saturated rings. The molecule has 0 unspecified atom stereocenters. The van der Waals surface area contributed by atoms with Gasteiger partial charge in [-0.25, -0.2) is 0 Å². The fraction of sp³-hybridized carbons (Fsp3) is 0.526. The van der Waals surface area contributed by atoms with Crippen molar-refractivity contribution in [2.75, 3.05) is 26.2 Å². The quantitative estimate of drug-likeness (QED) is 0.488. The van der Waals surface area contributed by atoms with Gasteiger partial charge in [0.15, 0.2) is 0 Å². The van der Waals surface area contributed by atoms with E-state index in [-0.39, 0.29) is 12.3 Å². The number of rotatable bonds is 9. The summed E-state index contributed by atoms with van der Waals surface area (Å²) in [6, 6.07) is 9.90. The minimum atomic E-state index is -1.33. The zero-order valence-corrected chi connectivity index (χ0v) is 15.0. The van der Waals surface area contributed by atoms with Crippen molar-refractivity contribution in [2.24, 2.45) is 0 Å². The molecule has 0 spiro atoms. The average Bonchev–Trinajstić information content (AvgIpc) is 3.12. The number of carbonyl (C=O) groups excluding carboxylic acids is 2. The van der Waals surface area contributed by atoms with Crippen molar-refractivity contribution in [3.63, 3.8) is 0 Å². The first kappa shape index (κ1) is 21.6. The lowest BCUT2D eigenvalue weighted by Crippen LogP contribution is -3.10. The molecule has 0 saturated carbocycles. The molecule has 1 saturated heterocycles. The van der Waals surface area contributed by atoms with Crippen LogP contribution in [-0.4, -0.2) is 49.1 Å². The van der Waals surface area contributed by atoms with Crippen molar-refractivity contribution in [3.05, 3.63) is 35.9 Å². The smallest absolute Gasteiger partial charge is 0.303 e. The molecule has 7 nitrogen and oxygen atoms in total. The zero-order chi connectivity index (χ0) is 19.2. The first-order chi connectivity index (χ1) is 12.5. The number of likely N-dealkylation sites (tertiary alicyclic amines) is 1. The molecule has 0 radical (unpaired) electrons. The molecule has 0 atom stereocenters. The Bertz CT molecular complexity index is 542. The average molecular weight is 364 g/mol. The van der Waals surface area contributed by atoms with Gasteiger partial charge in [0.2, 0.25) is 5.91 Å². The van der Waals surface area contributed by atoms with Gasteiger partial charge >= 0.3 is 5.97 Å². The van der Waals surface area contributed by atoms with Gasteiger partial charge in [0.25, 0.3) is 0 Å². The highest BCUT2D eigenvalue weighted by Crippen LogP contribution is 1.98. The third-order valence-electron chi connectivity index (χ3n) is 4.09. The fourth-order valence-electron chi connectivity index (χ4n) is 2.74. The largest absolute Gasteiger partial charge is 0.550 e. The number of hydrogen-bond acceptors (Lipinski definition) is 4. The van der Waals surface area contributed by atoms with Crippen LogP contribution in [0.25, 0.3) is 0 Å². The van der Waals surface area contributed by atoms with Crippen molar-refractivity contribution in [1.29, 1.82) is 0 Å². The number of carboxylic acid groups (broad SMARTS) is 2. The van der Waals surface area contributed by atoms with Crippen LogP contribution < -0.4 is 15.3 Å². The summed E-state index contributed by atoms with van der Waals surface area (Å²) in [5.74, 6) is -2.31. The van der Waals surface area contributed by atoms with E-state index < -0.39 is 18.4 Å². The molecule has 0 aromatic heterocycles. The number of hydrogen-bond donors (Lipinski definition) is 3. The second-order valence-corrected chi connectivity index (χ2v) is 6.34.